The summed E-state index contributed by atoms with van der Waals surface area (Å²) in [6, 6.07) is 65.9. The second-order valence-corrected chi connectivity index (χ2v) is 15.1. The fourth-order valence-electron chi connectivity index (χ4n) is 7.75. The van der Waals surface area contributed by atoms with Crippen LogP contribution < -0.4 is 0 Å². The SMILES string of the molecule is c1ccc(-c2nc(-c3ccc(-c4cccc(-c5ccc(-c6ccc7sc8ccccc8c7c6)cc5)c4)cc3)nc(-c3cccc4oc5ccccc5c34)n2)cc1. The summed E-state index contributed by atoms with van der Waals surface area (Å²) in [5, 5.41) is 4.67. The van der Waals surface area contributed by atoms with Crippen LogP contribution in [0.25, 0.3) is 110 Å². The number of thiophene rings is 1. The minimum atomic E-state index is 0.606. The summed E-state index contributed by atoms with van der Waals surface area (Å²) in [5.74, 6) is 1.85. The second-order valence-electron chi connectivity index (χ2n) is 14.0. The minimum Gasteiger partial charge on any atom is -0.456 e. The predicted octanol–water partition coefficient (Wildman–Crippen LogP) is 14.1. The van der Waals surface area contributed by atoms with Gasteiger partial charge in [0.05, 0.1) is 0 Å². The van der Waals surface area contributed by atoms with Gasteiger partial charge in [0, 0.05) is 47.6 Å². The van der Waals surface area contributed by atoms with Gasteiger partial charge in [-0.05, 0) is 69.8 Å². The van der Waals surface area contributed by atoms with Crippen LogP contribution >= 0.6 is 11.3 Å². The van der Waals surface area contributed by atoms with Gasteiger partial charge >= 0.3 is 0 Å². The minimum absolute atomic E-state index is 0.606. The van der Waals surface area contributed by atoms with E-state index < -0.39 is 0 Å². The predicted molar refractivity (Wildman–Crippen MR) is 233 cm³/mol. The van der Waals surface area contributed by atoms with Crippen molar-refractivity contribution in [1.82, 2.24) is 15.0 Å². The van der Waals surface area contributed by atoms with Gasteiger partial charge in [0.2, 0.25) is 0 Å². The van der Waals surface area contributed by atoms with E-state index in [4.69, 9.17) is 19.4 Å². The van der Waals surface area contributed by atoms with Crippen molar-refractivity contribution in [2.24, 2.45) is 0 Å². The Morgan fingerprint density at radius 2 is 0.821 bits per heavy atom. The molecule has 56 heavy (non-hydrogen) atoms. The molecule has 11 aromatic rings. The zero-order valence-corrected chi connectivity index (χ0v) is 30.9. The van der Waals surface area contributed by atoms with Crippen LogP contribution in [0.1, 0.15) is 0 Å². The molecule has 3 heterocycles. The van der Waals surface area contributed by atoms with E-state index in [9.17, 15) is 0 Å². The highest BCUT2D eigenvalue weighted by atomic mass is 32.1. The first kappa shape index (κ1) is 32.2. The third-order valence-electron chi connectivity index (χ3n) is 10.6. The van der Waals surface area contributed by atoms with Crippen LogP contribution in [0.4, 0.5) is 0 Å². The molecule has 0 saturated carbocycles. The molecule has 0 aliphatic carbocycles. The lowest BCUT2D eigenvalue weighted by Gasteiger charge is -2.10. The van der Waals surface area contributed by atoms with Crippen molar-refractivity contribution in [1.29, 1.82) is 0 Å². The molecule has 0 fully saturated rings. The lowest BCUT2D eigenvalue weighted by Crippen LogP contribution is -2.00. The molecule has 8 aromatic carbocycles. The summed E-state index contributed by atoms with van der Waals surface area (Å²) >= 11 is 1.85. The second kappa shape index (κ2) is 13.3. The van der Waals surface area contributed by atoms with Crippen LogP contribution in [0.3, 0.4) is 0 Å². The van der Waals surface area contributed by atoms with Crippen molar-refractivity contribution in [2.45, 2.75) is 0 Å². The molecular weight excluding hydrogens is 703 g/mol. The van der Waals surface area contributed by atoms with Crippen LogP contribution in [0.5, 0.6) is 0 Å². The lowest BCUT2D eigenvalue weighted by atomic mass is 9.96. The molecule has 3 aromatic heterocycles. The Balaban J connectivity index is 0.919. The average molecular weight is 734 g/mol. The van der Waals surface area contributed by atoms with Gasteiger partial charge in [-0.1, -0.05) is 152 Å². The van der Waals surface area contributed by atoms with E-state index in [1.807, 2.05) is 72.0 Å². The summed E-state index contributed by atoms with van der Waals surface area (Å²) in [4.78, 5) is 15.1. The van der Waals surface area contributed by atoms with Gasteiger partial charge in [0.1, 0.15) is 11.2 Å². The lowest BCUT2D eigenvalue weighted by molar-refractivity contribution is 0.669. The van der Waals surface area contributed by atoms with Crippen molar-refractivity contribution in [2.75, 3.05) is 0 Å². The molecule has 0 saturated heterocycles. The van der Waals surface area contributed by atoms with Gasteiger partial charge in [-0.2, -0.15) is 0 Å². The summed E-state index contributed by atoms with van der Waals surface area (Å²) in [5.41, 5.74) is 11.5. The number of hydrogen-bond donors (Lipinski definition) is 0. The van der Waals surface area contributed by atoms with Crippen molar-refractivity contribution in [3.05, 3.63) is 188 Å². The van der Waals surface area contributed by atoms with E-state index in [1.54, 1.807) is 0 Å². The normalized spacial score (nSPS) is 11.6. The Labute approximate surface area is 327 Å². The molecule has 0 aliphatic heterocycles. The smallest absolute Gasteiger partial charge is 0.164 e. The first-order valence-electron chi connectivity index (χ1n) is 18.7. The van der Waals surface area contributed by atoms with E-state index in [0.717, 1.165) is 49.8 Å². The maximum Gasteiger partial charge on any atom is 0.164 e. The Morgan fingerprint density at radius 1 is 0.321 bits per heavy atom. The topological polar surface area (TPSA) is 51.8 Å². The standard InChI is InChI=1S/C51H31N3OS/c1-2-10-35(11-3-1)49-52-50(54-51(53-49)42-16-9-18-45-48(42)41-15-4-6-17-44(41)55-45)36-26-24-33(25-27-36)38-13-8-12-37(30-38)32-20-22-34(23-21-32)39-28-29-47-43(31-39)40-14-5-7-19-46(40)56-47/h1-31H. The number of hydrogen-bond acceptors (Lipinski definition) is 5. The molecule has 0 spiro atoms. The Morgan fingerprint density at radius 3 is 1.55 bits per heavy atom. The molecule has 0 unspecified atom stereocenters. The van der Waals surface area contributed by atoms with Crippen LogP contribution in [0, 0.1) is 0 Å². The van der Waals surface area contributed by atoms with Crippen LogP contribution in [-0.2, 0) is 0 Å². The molecule has 0 N–H and O–H groups in total. The first-order chi connectivity index (χ1) is 27.7. The molecule has 5 heteroatoms. The van der Waals surface area contributed by atoms with Gasteiger partial charge in [0.15, 0.2) is 17.5 Å². The maximum absolute atomic E-state index is 6.21. The third-order valence-corrected chi connectivity index (χ3v) is 11.7. The molecule has 0 amide bonds. The van der Waals surface area contributed by atoms with Gasteiger partial charge < -0.3 is 4.42 Å². The quantitative estimate of drug-likeness (QED) is 0.171. The highest BCUT2D eigenvalue weighted by Crippen LogP contribution is 2.38. The average Bonchev–Trinajstić information content (AvgIpc) is 3.85. The summed E-state index contributed by atoms with van der Waals surface area (Å²) in [6.45, 7) is 0. The molecule has 4 nitrogen and oxygen atoms in total. The van der Waals surface area contributed by atoms with Crippen molar-refractivity contribution in [3.63, 3.8) is 0 Å². The fraction of sp³-hybridized carbons (Fsp3) is 0. The Bertz CT molecular complexity index is 3240. The van der Waals surface area contributed by atoms with Crippen LogP contribution in [0.15, 0.2) is 192 Å². The third kappa shape index (κ3) is 5.65. The zero-order chi connectivity index (χ0) is 37.0. The van der Waals surface area contributed by atoms with Gasteiger partial charge in [-0.25, -0.2) is 15.0 Å². The molecule has 262 valence electrons. The molecule has 11 rings (SSSR count). The number of fused-ring (bicyclic) bond motifs is 6. The number of benzene rings is 8. The maximum atomic E-state index is 6.21. The van der Waals surface area contributed by atoms with Gasteiger partial charge in [0.25, 0.3) is 0 Å². The Kier molecular flexibility index (Phi) is 7.64. The van der Waals surface area contributed by atoms with E-state index in [-0.39, 0.29) is 0 Å². The van der Waals surface area contributed by atoms with E-state index in [1.165, 1.54) is 42.4 Å². The van der Waals surface area contributed by atoms with E-state index in [0.29, 0.717) is 17.5 Å². The van der Waals surface area contributed by atoms with Gasteiger partial charge in [-0.15, -0.1) is 11.3 Å². The van der Waals surface area contributed by atoms with Gasteiger partial charge in [-0.3, -0.25) is 0 Å². The number of aromatic nitrogens is 3. The highest BCUT2D eigenvalue weighted by Gasteiger charge is 2.18. The summed E-state index contributed by atoms with van der Waals surface area (Å²) < 4.78 is 8.86. The summed E-state index contributed by atoms with van der Waals surface area (Å²) in [6.07, 6.45) is 0. The number of rotatable bonds is 6. The number of furan rings is 1. The van der Waals surface area contributed by atoms with Crippen molar-refractivity contribution < 1.29 is 4.42 Å². The monoisotopic (exact) mass is 733 g/mol. The molecule has 0 atom stereocenters. The highest BCUT2D eigenvalue weighted by molar-refractivity contribution is 7.25. The summed E-state index contributed by atoms with van der Waals surface area (Å²) in [7, 11) is 0. The van der Waals surface area contributed by atoms with Crippen LogP contribution in [0.2, 0.25) is 0 Å². The molecule has 0 aliphatic rings. The fourth-order valence-corrected chi connectivity index (χ4v) is 8.84. The largest absolute Gasteiger partial charge is 0.456 e. The number of nitrogens with zero attached hydrogens (tertiary/aromatic N) is 3. The zero-order valence-electron chi connectivity index (χ0n) is 30.1. The van der Waals surface area contributed by atoms with Crippen molar-refractivity contribution in [3.8, 4) is 67.5 Å². The molecule has 0 radical (unpaired) electrons. The Hall–Kier alpha value is -7.21. The van der Waals surface area contributed by atoms with Crippen molar-refractivity contribution >= 4 is 53.4 Å². The first-order valence-corrected chi connectivity index (χ1v) is 19.5. The molecular formula is C51H31N3OS. The molecule has 0 bridgehead atoms. The van der Waals surface area contributed by atoms with Crippen LogP contribution in [-0.4, -0.2) is 15.0 Å². The van der Waals surface area contributed by atoms with E-state index >= 15 is 0 Å². The van der Waals surface area contributed by atoms with E-state index in [2.05, 4.69) is 127 Å². The number of para-hydroxylation sites is 1.